The van der Waals surface area contributed by atoms with Crippen molar-refractivity contribution in [2.45, 2.75) is 39.3 Å². The molecule has 146 valence electrons. The maximum Gasteiger partial charge on any atom is 0.226 e. The lowest BCUT2D eigenvalue weighted by atomic mass is 10.1. The second-order valence-electron chi connectivity index (χ2n) is 9.02. The monoisotopic (exact) mass is 478 g/mol. The van der Waals surface area contributed by atoms with Crippen molar-refractivity contribution >= 4 is 92.7 Å². The van der Waals surface area contributed by atoms with Crippen molar-refractivity contribution < 1.29 is 9.59 Å². The smallest absolute Gasteiger partial charge is 0.226 e. The molecule has 0 saturated carbocycles. The lowest BCUT2D eigenvalue weighted by Gasteiger charge is -2.12. The summed E-state index contributed by atoms with van der Waals surface area (Å²) in [5, 5.41) is 0.155. The van der Waals surface area contributed by atoms with Crippen molar-refractivity contribution in [1.29, 1.82) is 0 Å². The minimum absolute atomic E-state index is 0.0773. The second kappa shape index (κ2) is 6.95. The van der Waals surface area contributed by atoms with Gasteiger partial charge in [-0.1, -0.05) is 51.4 Å². The molecule has 0 amide bonds. The molecule has 0 unspecified atom stereocenters. The average molecular weight is 479 g/mol. The molecular formula is C20H22O2S4Si2. The summed E-state index contributed by atoms with van der Waals surface area (Å²) in [5.41, 5.74) is 1.48. The standard InChI is InChI=1S/C20H22O2S4Si2/c1-27(2,3)13-9-7-11(23-13)15-17-18(26-19(15)21)16(20(22)25-17)12-8-10-14(24-12)28(4,5)6/h7-10H,1-6H3. The molecule has 0 fully saturated rings. The van der Waals surface area contributed by atoms with Crippen LogP contribution in [-0.4, -0.2) is 26.4 Å². The molecule has 2 aliphatic heterocycles. The Bertz CT molecular complexity index is 988. The normalized spacial score (nSPS) is 17.9. The van der Waals surface area contributed by atoms with Gasteiger partial charge in [-0.25, -0.2) is 0 Å². The number of thioether (sulfide) groups is 2. The number of carbonyl (C=O) groups is 2. The van der Waals surface area contributed by atoms with E-state index < -0.39 is 16.1 Å². The Morgan fingerprint density at radius 1 is 0.607 bits per heavy atom. The predicted octanol–water partition coefficient (Wildman–Crippen LogP) is 5.57. The quantitative estimate of drug-likeness (QED) is 0.538. The molecule has 4 rings (SSSR count). The highest BCUT2D eigenvalue weighted by Gasteiger charge is 2.42. The summed E-state index contributed by atoms with van der Waals surface area (Å²) in [6.45, 7) is 13.9. The van der Waals surface area contributed by atoms with E-state index in [1.807, 2.05) is 0 Å². The molecule has 28 heavy (non-hydrogen) atoms. The van der Waals surface area contributed by atoms with E-state index in [0.29, 0.717) is 0 Å². The lowest BCUT2D eigenvalue weighted by Crippen LogP contribution is -2.34. The van der Waals surface area contributed by atoms with Gasteiger partial charge in [0.2, 0.25) is 10.2 Å². The largest absolute Gasteiger partial charge is 0.281 e. The average Bonchev–Trinajstić information content (AvgIpc) is 3.28. The third-order valence-electron chi connectivity index (χ3n) is 4.64. The second-order valence-corrected chi connectivity index (χ2v) is 24.0. The molecule has 0 spiro atoms. The first-order valence-corrected chi connectivity index (χ1v) is 19.4. The van der Waals surface area contributed by atoms with Crippen molar-refractivity contribution in [3.8, 4) is 0 Å². The van der Waals surface area contributed by atoms with E-state index >= 15 is 0 Å². The Balaban J connectivity index is 1.81. The number of rotatable bonds is 4. The van der Waals surface area contributed by atoms with E-state index in [0.717, 1.165) is 30.7 Å². The number of hydrogen-bond acceptors (Lipinski definition) is 6. The first-order valence-electron chi connectivity index (χ1n) is 9.11. The highest BCUT2D eigenvalue weighted by molar-refractivity contribution is 8.25. The van der Waals surface area contributed by atoms with Gasteiger partial charge in [-0.15, -0.1) is 22.7 Å². The fourth-order valence-electron chi connectivity index (χ4n) is 3.07. The minimum atomic E-state index is -1.42. The third-order valence-corrected chi connectivity index (χ3v) is 16.2. The van der Waals surface area contributed by atoms with Crippen molar-refractivity contribution in [3.63, 3.8) is 0 Å². The minimum Gasteiger partial charge on any atom is -0.281 e. The third kappa shape index (κ3) is 3.52. The Hall–Kier alpha value is -0.646. The van der Waals surface area contributed by atoms with Crippen molar-refractivity contribution in [3.05, 3.63) is 43.8 Å². The van der Waals surface area contributed by atoms with Crippen LogP contribution in [0.3, 0.4) is 0 Å². The van der Waals surface area contributed by atoms with Crippen molar-refractivity contribution in [2.75, 3.05) is 0 Å². The number of fused-ring (bicyclic) bond motifs is 1. The maximum atomic E-state index is 12.9. The van der Waals surface area contributed by atoms with Crippen LogP contribution in [-0.2, 0) is 9.59 Å². The van der Waals surface area contributed by atoms with Crippen molar-refractivity contribution in [2.24, 2.45) is 0 Å². The molecule has 2 aromatic heterocycles. The van der Waals surface area contributed by atoms with Gasteiger partial charge in [-0.3, -0.25) is 9.59 Å². The van der Waals surface area contributed by atoms with Crippen molar-refractivity contribution in [1.82, 2.24) is 0 Å². The van der Waals surface area contributed by atoms with Gasteiger partial charge < -0.3 is 0 Å². The highest BCUT2D eigenvalue weighted by Crippen LogP contribution is 2.57. The molecule has 4 heterocycles. The number of carbonyl (C=O) groups excluding carboxylic acids is 2. The van der Waals surface area contributed by atoms with Crippen LogP contribution >= 0.6 is 46.2 Å². The fourth-order valence-corrected chi connectivity index (χ4v) is 11.6. The first-order chi connectivity index (χ1) is 13.0. The van der Waals surface area contributed by atoms with Crippen LogP contribution in [0, 0.1) is 0 Å². The maximum absolute atomic E-state index is 12.9. The summed E-state index contributed by atoms with van der Waals surface area (Å²) >= 11 is 5.93. The zero-order chi connectivity index (χ0) is 20.4. The van der Waals surface area contributed by atoms with E-state index in [2.05, 4.69) is 63.5 Å². The Morgan fingerprint density at radius 3 is 1.25 bits per heavy atom. The SMILES string of the molecule is C[Si](C)(C)c1ccc(C2=C3SC(=O)C(c4ccc([Si](C)(C)C)s4)=C3SC2=O)s1. The summed E-state index contributed by atoms with van der Waals surface area (Å²) in [6.07, 6.45) is 0. The van der Waals surface area contributed by atoms with E-state index in [1.54, 1.807) is 22.7 Å². The van der Waals surface area contributed by atoms with Gasteiger partial charge in [-0.05, 0) is 44.7 Å². The van der Waals surface area contributed by atoms with Crippen LogP contribution in [0.15, 0.2) is 34.1 Å². The summed E-state index contributed by atoms with van der Waals surface area (Å²) in [6, 6.07) is 8.47. The van der Waals surface area contributed by atoms with Crippen LogP contribution in [0.4, 0.5) is 0 Å². The Labute approximate surface area is 184 Å². The summed E-state index contributed by atoms with van der Waals surface area (Å²) in [4.78, 5) is 29.5. The molecule has 0 aromatic carbocycles. The molecule has 0 N–H and O–H groups in total. The van der Waals surface area contributed by atoms with Gasteiger partial charge in [0.15, 0.2) is 0 Å². The van der Waals surface area contributed by atoms with Crippen LogP contribution in [0.5, 0.6) is 0 Å². The molecule has 2 aromatic rings. The molecule has 2 aliphatic rings. The molecule has 0 atom stereocenters. The van der Waals surface area contributed by atoms with Gasteiger partial charge in [0, 0.05) is 19.6 Å². The molecular weight excluding hydrogens is 457 g/mol. The number of hydrogen-bond donors (Lipinski definition) is 0. The summed E-state index contributed by atoms with van der Waals surface area (Å²) in [5.74, 6) is 0. The zero-order valence-electron chi connectivity index (χ0n) is 16.8. The molecule has 0 saturated heterocycles. The molecule has 8 heteroatoms. The van der Waals surface area contributed by atoms with Gasteiger partial charge in [-0.2, -0.15) is 0 Å². The molecule has 2 nitrogen and oxygen atoms in total. The van der Waals surface area contributed by atoms with Gasteiger partial charge in [0.25, 0.3) is 0 Å². The molecule has 0 bridgehead atoms. The van der Waals surface area contributed by atoms with E-state index in [-0.39, 0.29) is 10.2 Å². The Kier molecular flexibility index (Phi) is 5.12. The van der Waals surface area contributed by atoms with E-state index in [1.165, 1.54) is 32.5 Å². The van der Waals surface area contributed by atoms with Gasteiger partial charge in [0.1, 0.15) is 0 Å². The first kappa shape index (κ1) is 20.6. The molecule has 0 aliphatic carbocycles. The summed E-state index contributed by atoms with van der Waals surface area (Å²) < 4.78 is 2.77. The van der Waals surface area contributed by atoms with Gasteiger partial charge in [0.05, 0.1) is 27.3 Å². The predicted molar refractivity (Wildman–Crippen MR) is 134 cm³/mol. The molecule has 0 radical (unpaired) electrons. The Morgan fingerprint density at radius 2 is 0.964 bits per heavy atom. The van der Waals surface area contributed by atoms with Crippen LogP contribution < -0.4 is 9.00 Å². The van der Waals surface area contributed by atoms with E-state index in [4.69, 9.17) is 0 Å². The van der Waals surface area contributed by atoms with E-state index in [9.17, 15) is 9.59 Å². The summed E-state index contributed by atoms with van der Waals surface area (Å²) in [7, 11) is -2.83. The fraction of sp³-hybridized carbons (Fsp3) is 0.300. The van der Waals surface area contributed by atoms with Crippen LogP contribution in [0.1, 0.15) is 9.75 Å². The van der Waals surface area contributed by atoms with Crippen LogP contribution in [0.25, 0.3) is 11.1 Å². The lowest BCUT2D eigenvalue weighted by molar-refractivity contribution is -0.106. The highest BCUT2D eigenvalue weighted by atomic mass is 32.2. The van der Waals surface area contributed by atoms with Crippen LogP contribution in [0.2, 0.25) is 39.3 Å². The topological polar surface area (TPSA) is 34.1 Å². The van der Waals surface area contributed by atoms with Gasteiger partial charge >= 0.3 is 0 Å². The zero-order valence-corrected chi connectivity index (χ0v) is 22.0. The number of thiophene rings is 2.